The maximum atomic E-state index is 13.5. The molecular weight excluding hydrogens is 1510 g/mol. The number of hydrogen-bond acceptors (Lipinski definition) is 16. The number of amides is 3. The van der Waals surface area contributed by atoms with Crippen molar-refractivity contribution in [3.05, 3.63) is 251 Å². The highest BCUT2D eigenvalue weighted by Crippen LogP contribution is 2.42. The molecule has 3 aliphatic heterocycles. The van der Waals surface area contributed by atoms with Crippen molar-refractivity contribution >= 4 is 93.0 Å². The van der Waals surface area contributed by atoms with E-state index in [2.05, 4.69) is 203 Å². The zero-order chi connectivity index (χ0) is 82.2. The predicted molar refractivity (Wildman–Crippen MR) is 475 cm³/mol. The van der Waals surface area contributed by atoms with Crippen LogP contribution in [0.1, 0.15) is 151 Å². The number of carboxylic acids is 1. The number of esters is 1. The molecule has 3 aromatic heterocycles. The Morgan fingerprint density at radius 1 is 0.403 bits per heavy atom. The fraction of sp³-hybridized carbons (Fsp3) is 0.411. The van der Waals surface area contributed by atoms with Gasteiger partial charge in [-0.2, -0.15) is 0 Å². The molecule has 11 aromatic rings. The summed E-state index contributed by atoms with van der Waals surface area (Å²) in [6.45, 7) is 14.4. The Labute approximate surface area is 705 Å². The minimum atomic E-state index is -0.830. The van der Waals surface area contributed by atoms with E-state index in [1.807, 2.05) is 60.7 Å². The smallest absolute Gasteiger partial charge is 0.309 e. The van der Waals surface area contributed by atoms with E-state index < -0.39 is 29.9 Å². The number of carboxylic acid groups (broad SMARTS) is 1. The molecule has 24 heteroatoms. The Hall–Kier alpha value is -11.0. The molecule has 8 N–H and O–H groups in total. The summed E-state index contributed by atoms with van der Waals surface area (Å²) in [5, 5.41) is 12.6. The van der Waals surface area contributed by atoms with Crippen LogP contribution in [0.15, 0.2) is 206 Å². The fourth-order valence-corrected chi connectivity index (χ4v) is 18.2. The van der Waals surface area contributed by atoms with Gasteiger partial charge in [0.2, 0.25) is 35.6 Å². The number of primary amides is 2. The number of para-hydroxylation sites is 6. The predicted octanol–water partition coefficient (Wildman–Crippen LogP) is 13.5. The summed E-state index contributed by atoms with van der Waals surface area (Å²) < 4.78 is 12.1. The molecule has 6 heterocycles. The number of ether oxygens (including phenoxy) is 1. The standard InChI is InChI=1S/C34H40N6O2.C27H34N4O2.C26H32N4O2.C8H10N2O.ClH/c1-38-19-21-39(22-20-38)34-36-29-13-7-8-14-30(29)40(34)23-24-15-17-25(18-16-24)27-11-5-6-12-28(27)33(42)37-31(32(35)41)26-9-3-2-4-10-26;1-29-15-17-30(18-16-29)27-28-24-9-5-6-10-25(24)31(27)19-20-11-13-21(14-12-20)22-7-3-4-8-23(22)26(32)33-2;1-28-14-16-29(17-15-28)26-27-23-8-4-5-9-24(23)30(26)18-19-10-12-20(13-11-19)21-6-2-3-7-22(21)25(31)32;9-7(8(10)11)6-4-2-1-3-5-6;/h2-4,7-10,13-18,27-28,31H,5-6,11-12,19-23H2,1H3,(H2,35,41)(H,37,42);5-6,9-14,22-23H,3-4,7-8,15-19H2,1-2H3;4-5,8-13,21-22H,2-3,6-7,14-18H2,1H3,(H,31,32);1-5,7H,9H2,(H2,10,11);1H/t27-,28+,31-;22-,23+;21-,22+;7-;/m0000./s1. The van der Waals surface area contributed by atoms with Gasteiger partial charge in [-0.3, -0.25) is 24.0 Å². The lowest BCUT2D eigenvalue weighted by Crippen LogP contribution is -2.45. The first-order valence-corrected chi connectivity index (χ1v) is 42.4. The van der Waals surface area contributed by atoms with Gasteiger partial charge in [-0.15, -0.1) is 12.4 Å². The van der Waals surface area contributed by atoms with Crippen LogP contribution in [0.5, 0.6) is 0 Å². The van der Waals surface area contributed by atoms with Gasteiger partial charge in [0.15, 0.2) is 0 Å². The summed E-state index contributed by atoms with van der Waals surface area (Å²) in [5.74, 6) is 1.29. The maximum Gasteiger partial charge on any atom is 0.309 e. The van der Waals surface area contributed by atoms with Crippen molar-refractivity contribution in [3.63, 3.8) is 0 Å². The highest BCUT2D eigenvalue weighted by Gasteiger charge is 2.37. The number of hydrogen-bond donors (Lipinski definition) is 5. The number of aliphatic carboxylic acids is 1. The highest BCUT2D eigenvalue weighted by molar-refractivity contribution is 5.89. The number of benzene rings is 8. The quantitative estimate of drug-likeness (QED) is 0.0443. The largest absolute Gasteiger partial charge is 0.481 e. The van der Waals surface area contributed by atoms with Gasteiger partial charge in [0.05, 0.1) is 71.7 Å². The second-order valence-corrected chi connectivity index (χ2v) is 33.0. The van der Waals surface area contributed by atoms with Crippen LogP contribution in [0.2, 0.25) is 0 Å². The maximum absolute atomic E-state index is 13.5. The topological polar surface area (TPSA) is 278 Å². The molecule has 0 bridgehead atoms. The van der Waals surface area contributed by atoms with Crippen LogP contribution in [-0.4, -0.2) is 185 Å². The molecule has 17 rings (SSSR count). The van der Waals surface area contributed by atoms with E-state index in [1.54, 1.807) is 12.1 Å². The number of aromatic nitrogens is 6. The second kappa shape index (κ2) is 40.7. The number of halogens is 1. The third kappa shape index (κ3) is 21.0. The molecule has 3 aliphatic carbocycles. The average molecular weight is 1630 g/mol. The number of likely N-dealkylation sites (N-methyl/N-ethyl adjacent to an activating group) is 3. The minimum Gasteiger partial charge on any atom is -0.481 e. The Morgan fingerprint density at radius 3 is 1.06 bits per heavy atom. The number of rotatable bonds is 20. The molecule has 8 atom stereocenters. The molecule has 3 saturated heterocycles. The van der Waals surface area contributed by atoms with Gasteiger partial charge in [-0.05, 0) is 158 Å². The number of imidazole rings is 3. The van der Waals surface area contributed by atoms with Crippen molar-refractivity contribution in [2.24, 2.45) is 35.0 Å². The van der Waals surface area contributed by atoms with E-state index in [1.165, 1.54) is 46.9 Å². The number of nitrogens with one attached hydrogen (secondary N) is 1. The molecule has 6 fully saturated rings. The number of carbonyl (C=O) groups is 5. The van der Waals surface area contributed by atoms with Gasteiger partial charge < -0.3 is 75.5 Å². The lowest BCUT2D eigenvalue weighted by Gasteiger charge is -2.33. The van der Waals surface area contributed by atoms with Crippen LogP contribution < -0.4 is 37.2 Å². The summed E-state index contributed by atoms with van der Waals surface area (Å²) in [7, 11) is 8.02. The Kier molecular flexibility index (Phi) is 29.4. The number of carbonyl (C=O) groups excluding carboxylic acids is 4. The minimum absolute atomic E-state index is 0. The van der Waals surface area contributed by atoms with Crippen LogP contribution in [0.3, 0.4) is 0 Å². The van der Waals surface area contributed by atoms with Gasteiger partial charge >= 0.3 is 11.9 Å². The second-order valence-electron chi connectivity index (χ2n) is 33.0. The van der Waals surface area contributed by atoms with Crippen molar-refractivity contribution in [1.29, 1.82) is 0 Å². The van der Waals surface area contributed by atoms with Crippen LogP contribution in [-0.2, 0) is 48.3 Å². The summed E-state index contributed by atoms with van der Waals surface area (Å²) in [5.41, 5.74) is 31.4. The Balaban J connectivity index is 0.000000146. The highest BCUT2D eigenvalue weighted by atomic mass is 35.5. The van der Waals surface area contributed by atoms with E-state index in [0.717, 1.165) is 225 Å². The van der Waals surface area contributed by atoms with Crippen LogP contribution in [0.25, 0.3) is 33.1 Å². The Morgan fingerprint density at radius 2 is 0.714 bits per heavy atom. The zero-order valence-electron chi connectivity index (χ0n) is 69.2. The number of fused-ring (bicyclic) bond motifs is 3. The molecule has 6 aliphatic rings. The van der Waals surface area contributed by atoms with E-state index in [4.69, 9.17) is 36.9 Å². The lowest BCUT2D eigenvalue weighted by atomic mass is 9.74. The summed E-state index contributed by atoms with van der Waals surface area (Å²) in [6.07, 6.45) is 12.0. The lowest BCUT2D eigenvalue weighted by molar-refractivity contribution is -0.147. The molecule has 119 heavy (non-hydrogen) atoms. The molecule has 3 amide bonds. The number of nitrogens with two attached hydrogens (primary N) is 3. The molecule has 626 valence electrons. The molecule has 0 unspecified atom stereocenters. The fourth-order valence-electron chi connectivity index (χ4n) is 18.2. The number of nitrogens with zero attached hydrogens (tertiary/aromatic N) is 12. The summed E-state index contributed by atoms with van der Waals surface area (Å²) >= 11 is 0. The van der Waals surface area contributed by atoms with Gasteiger partial charge in [-0.1, -0.05) is 208 Å². The first-order valence-electron chi connectivity index (χ1n) is 42.4. The monoisotopic (exact) mass is 1630 g/mol. The molecular formula is C95H117ClN16O7. The molecule has 0 radical (unpaired) electrons. The third-order valence-electron chi connectivity index (χ3n) is 25.1. The van der Waals surface area contributed by atoms with E-state index in [-0.39, 0.29) is 59.8 Å². The van der Waals surface area contributed by atoms with Gasteiger partial charge in [0, 0.05) is 84.5 Å². The van der Waals surface area contributed by atoms with Gasteiger partial charge in [-0.25, -0.2) is 15.0 Å². The first-order chi connectivity index (χ1) is 57.4. The number of methoxy groups -OCH3 is 1. The molecule has 23 nitrogen and oxygen atoms in total. The number of piperazine rings is 3. The van der Waals surface area contributed by atoms with E-state index >= 15 is 0 Å². The SMILES string of the molecule is CN1CCN(c2nc3ccccc3n2Cc2ccc([C@@H]3CCCC[C@H]3C(=O)N[C@H](C(N)=O)c3ccccc3)cc2)CC1.CN1CCN(c2nc3ccccc3n2Cc2ccc([C@@H]3CCCC[C@H]3C(=O)O)cc2)CC1.COC(=O)[C@@H]1CCCC[C@H]1c1ccc(Cn2c(N3CCN(C)CC3)nc3ccccc32)cc1.Cl.NC(=O)[C@@H](N)c1ccccc1. The van der Waals surface area contributed by atoms with Gasteiger partial charge in [0.1, 0.15) is 12.1 Å². The van der Waals surface area contributed by atoms with Crippen LogP contribution in [0.4, 0.5) is 17.8 Å². The van der Waals surface area contributed by atoms with Gasteiger partial charge in [0.25, 0.3) is 0 Å². The van der Waals surface area contributed by atoms with Crippen molar-refractivity contribution in [3.8, 4) is 0 Å². The molecule has 3 saturated carbocycles. The van der Waals surface area contributed by atoms with Crippen molar-refractivity contribution in [2.45, 2.75) is 127 Å². The normalized spacial score (nSPS) is 20.4. The van der Waals surface area contributed by atoms with Crippen LogP contribution >= 0.6 is 12.4 Å². The zero-order valence-corrected chi connectivity index (χ0v) is 70.1. The van der Waals surface area contributed by atoms with Crippen LogP contribution in [0, 0.1) is 17.8 Å². The van der Waals surface area contributed by atoms with Crippen molar-refractivity contribution in [1.82, 2.24) is 48.7 Å². The summed E-state index contributed by atoms with van der Waals surface area (Å²) in [6, 6.07) is 68.2. The first kappa shape index (κ1) is 85.9. The molecule has 0 spiro atoms. The van der Waals surface area contributed by atoms with Crippen molar-refractivity contribution in [2.75, 3.05) is 121 Å². The molecule has 8 aromatic carbocycles. The van der Waals surface area contributed by atoms with E-state index in [9.17, 15) is 29.1 Å². The van der Waals surface area contributed by atoms with E-state index in [0.29, 0.717) is 5.56 Å². The third-order valence-corrected chi connectivity index (χ3v) is 25.1. The van der Waals surface area contributed by atoms with Crippen molar-refractivity contribution < 1.29 is 33.8 Å². The average Bonchev–Trinajstić information content (AvgIpc) is 1.65. The number of anilines is 3. The summed E-state index contributed by atoms with van der Waals surface area (Å²) in [4.78, 5) is 89.8. The Bertz CT molecular complexity index is 5150.